The van der Waals surface area contributed by atoms with Crippen molar-refractivity contribution < 1.29 is 14.3 Å². The number of nitrogens with two attached hydrogens (primary N) is 1. The number of hydrogen-bond donors (Lipinski definition) is 2. The van der Waals surface area contributed by atoms with Crippen LogP contribution in [0.15, 0.2) is 0 Å². The first-order chi connectivity index (χ1) is 8.63. The monoisotopic (exact) mass is 260 g/mol. The number of ether oxygens (including phenoxy) is 2. The molecule has 1 unspecified atom stereocenters. The van der Waals surface area contributed by atoms with Crippen molar-refractivity contribution >= 4 is 5.91 Å². The highest BCUT2D eigenvalue weighted by molar-refractivity contribution is 5.81. The van der Waals surface area contributed by atoms with Crippen LogP contribution in [-0.4, -0.2) is 45.4 Å². The predicted octanol–water partition coefficient (Wildman–Crippen LogP) is 0.919. The molecular formula is C13H28N2O3. The van der Waals surface area contributed by atoms with E-state index in [0.29, 0.717) is 26.4 Å². The molecule has 3 N–H and O–H groups in total. The third-order valence-electron chi connectivity index (χ3n) is 3.01. The summed E-state index contributed by atoms with van der Waals surface area (Å²) in [5, 5.41) is 2.86. The van der Waals surface area contributed by atoms with Gasteiger partial charge in [0, 0.05) is 20.3 Å². The summed E-state index contributed by atoms with van der Waals surface area (Å²) in [5.41, 5.74) is 5.82. The molecule has 5 nitrogen and oxygen atoms in total. The van der Waals surface area contributed by atoms with Crippen LogP contribution in [0.4, 0.5) is 0 Å². The van der Waals surface area contributed by atoms with Gasteiger partial charge in [0.25, 0.3) is 0 Å². The topological polar surface area (TPSA) is 73.6 Å². The van der Waals surface area contributed by atoms with Crippen LogP contribution in [0.5, 0.6) is 0 Å². The minimum absolute atomic E-state index is 0.0512. The van der Waals surface area contributed by atoms with Gasteiger partial charge in [-0.25, -0.2) is 0 Å². The number of rotatable bonds is 11. The van der Waals surface area contributed by atoms with Crippen LogP contribution in [0.25, 0.3) is 0 Å². The molecule has 0 saturated carbocycles. The lowest BCUT2D eigenvalue weighted by Gasteiger charge is -2.17. The molecule has 0 fully saturated rings. The van der Waals surface area contributed by atoms with E-state index in [9.17, 15) is 4.79 Å². The normalized spacial score (nSPS) is 14.2. The Kier molecular flexibility index (Phi) is 11.0. The second kappa shape index (κ2) is 11.4. The van der Waals surface area contributed by atoms with Gasteiger partial charge >= 0.3 is 0 Å². The van der Waals surface area contributed by atoms with Gasteiger partial charge in [-0.05, 0) is 18.8 Å². The quantitative estimate of drug-likeness (QED) is 0.542. The highest BCUT2D eigenvalue weighted by atomic mass is 16.5. The number of amides is 1. The van der Waals surface area contributed by atoms with E-state index in [0.717, 1.165) is 19.3 Å². The molecule has 0 aliphatic carbocycles. The lowest BCUT2D eigenvalue weighted by molar-refractivity contribution is -0.123. The molecule has 0 spiro atoms. The van der Waals surface area contributed by atoms with Gasteiger partial charge in [0.15, 0.2) is 0 Å². The fourth-order valence-electron chi connectivity index (χ4n) is 1.42. The Bertz CT molecular complexity index is 212. The van der Waals surface area contributed by atoms with Gasteiger partial charge in [0.2, 0.25) is 5.91 Å². The summed E-state index contributed by atoms with van der Waals surface area (Å²) in [4.78, 5) is 11.6. The smallest absolute Gasteiger partial charge is 0.237 e. The van der Waals surface area contributed by atoms with E-state index in [1.54, 1.807) is 7.11 Å². The zero-order valence-electron chi connectivity index (χ0n) is 11.9. The standard InChI is InChI=1S/C13H28N2O3/c1-4-11(2)12(14)13(16)15-7-5-6-8-18-10-9-17-3/h11-12H,4-10,14H2,1-3H3,(H,15,16)/t11?,12-/m0/s1. The summed E-state index contributed by atoms with van der Waals surface area (Å²) in [5.74, 6) is 0.173. The van der Waals surface area contributed by atoms with Crippen molar-refractivity contribution in [3.05, 3.63) is 0 Å². The van der Waals surface area contributed by atoms with Gasteiger partial charge in [-0.1, -0.05) is 20.3 Å². The molecule has 18 heavy (non-hydrogen) atoms. The molecule has 1 amide bonds. The summed E-state index contributed by atoms with van der Waals surface area (Å²) in [7, 11) is 1.65. The first-order valence-electron chi connectivity index (χ1n) is 6.73. The summed E-state index contributed by atoms with van der Waals surface area (Å²) in [6, 6.07) is -0.395. The average molecular weight is 260 g/mol. The predicted molar refractivity (Wildman–Crippen MR) is 72.4 cm³/mol. The second-order valence-electron chi connectivity index (χ2n) is 4.51. The maximum Gasteiger partial charge on any atom is 0.237 e. The van der Waals surface area contributed by atoms with E-state index in [1.807, 2.05) is 13.8 Å². The van der Waals surface area contributed by atoms with E-state index >= 15 is 0 Å². The first-order valence-corrected chi connectivity index (χ1v) is 6.73. The van der Waals surface area contributed by atoms with Gasteiger partial charge in [0.1, 0.15) is 0 Å². The van der Waals surface area contributed by atoms with Crippen molar-refractivity contribution in [2.24, 2.45) is 11.7 Å². The molecule has 0 heterocycles. The van der Waals surface area contributed by atoms with E-state index in [-0.39, 0.29) is 11.8 Å². The van der Waals surface area contributed by atoms with Crippen LogP contribution in [0, 0.1) is 5.92 Å². The third-order valence-corrected chi connectivity index (χ3v) is 3.01. The van der Waals surface area contributed by atoms with Crippen molar-refractivity contribution in [1.82, 2.24) is 5.32 Å². The average Bonchev–Trinajstić information content (AvgIpc) is 2.39. The highest BCUT2D eigenvalue weighted by Crippen LogP contribution is 2.04. The molecule has 108 valence electrons. The van der Waals surface area contributed by atoms with Crippen LogP contribution < -0.4 is 11.1 Å². The van der Waals surface area contributed by atoms with Gasteiger partial charge in [-0.2, -0.15) is 0 Å². The summed E-state index contributed by atoms with van der Waals surface area (Å²) in [6.07, 6.45) is 2.76. The van der Waals surface area contributed by atoms with Crippen LogP contribution in [0.3, 0.4) is 0 Å². The van der Waals surface area contributed by atoms with Crippen molar-refractivity contribution in [2.45, 2.75) is 39.2 Å². The van der Waals surface area contributed by atoms with Gasteiger partial charge in [0.05, 0.1) is 19.3 Å². The molecule has 0 aliphatic heterocycles. The molecule has 0 aliphatic rings. The van der Waals surface area contributed by atoms with E-state index < -0.39 is 6.04 Å². The Morgan fingerprint density at radius 2 is 2.00 bits per heavy atom. The summed E-state index contributed by atoms with van der Waals surface area (Å²) in [6.45, 7) is 6.65. The number of nitrogens with one attached hydrogen (secondary N) is 1. The Morgan fingerprint density at radius 3 is 2.61 bits per heavy atom. The molecule has 0 rings (SSSR count). The van der Waals surface area contributed by atoms with Crippen LogP contribution in [-0.2, 0) is 14.3 Å². The zero-order chi connectivity index (χ0) is 13.8. The van der Waals surface area contributed by atoms with Crippen molar-refractivity contribution in [3.63, 3.8) is 0 Å². The fraction of sp³-hybridized carbons (Fsp3) is 0.923. The van der Waals surface area contributed by atoms with Crippen molar-refractivity contribution in [2.75, 3.05) is 33.5 Å². The maximum atomic E-state index is 11.6. The fourth-order valence-corrected chi connectivity index (χ4v) is 1.42. The molecule has 0 saturated heterocycles. The molecule has 0 aromatic carbocycles. The third kappa shape index (κ3) is 8.44. The Balaban J connectivity index is 3.40. The SMILES string of the molecule is CCC(C)[C@H](N)C(=O)NCCCCOCCOC. The number of carbonyl (C=O) groups excluding carboxylic acids is 1. The number of methoxy groups -OCH3 is 1. The first kappa shape index (κ1) is 17.4. The number of carbonyl (C=O) groups is 1. The second-order valence-corrected chi connectivity index (χ2v) is 4.51. The number of hydrogen-bond acceptors (Lipinski definition) is 4. The molecule has 2 atom stereocenters. The molecular weight excluding hydrogens is 232 g/mol. The Labute approximate surface area is 110 Å². The lowest BCUT2D eigenvalue weighted by atomic mass is 9.99. The molecule has 5 heteroatoms. The summed E-state index contributed by atoms with van der Waals surface area (Å²) < 4.78 is 10.2. The minimum Gasteiger partial charge on any atom is -0.382 e. The number of unbranched alkanes of at least 4 members (excludes halogenated alkanes) is 1. The van der Waals surface area contributed by atoms with E-state index in [1.165, 1.54) is 0 Å². The van der Waals surface area contributed by atoms with E-state index in [2.05, 4.69) is 5.32 Å². The van der Waals surface area contributed by atoms with E-state index in [4.69, 9.17) is 15.2 Å². The van der Waals surface area contributed by atoms with Crippen molar-refractivity contribution in [1.29, 1.82) is 0 Å². The maximum absolute atomic E-state index is 11.6. The molecule has 0 aromatic rings. The lowest BCUT2D eigenvalue weighted by Crippen LogP contribution is -2.44. The van der Waals surface area contributed by atoms with Gasteiger partial charge < -0.3 is 20.5 Å². The van der Waals surface area contributed by atoms with Crippen LogP contribution in [0.2, 0.25) is 0 Å². The summed E-state index contributed by atoms with van der Waals surface area (Å²) >= 11 is 0. The Morgan fingerprint density at radius 1 is 1.28 bits per heavy atom. The van der Waals surface area contributed by atoms with Crippen molar-refractivity contribution in [3.8, 4) is 0 Å². The largest absolute Gasteiger partial charge is 0.382 e. The zero-order valence-corrected chi connectivity index (χ0v) is 11.9. The molecule has 0 radical (unpaired) electrons. The van der Waals surface area contributed by atoms with Gasteiger partial charge in [-0.3, -0.25) is 4.79 Å². The van der Waals surface area contributed by atoms with Crippen LogP contribution >= 0.6 is 0 Å². The van der Waals surface area contributed by atoms with Crippen LogP contribution in [0.1, 0.15) is 33.1 Å². The molecule has 0 aromatic heterocycles. The highest BCUT2D eigenvalue weighted by Gasteiger charge is 2.18. The molecule has 0 bridgehead atoms. The Hall–Kier alpha value is -0.650. The minimum atomic E-state index is -0.395. The van der Waals surface area contributed by atoms with Gasteiger partial charge in [-0.15, -0.1) is 0 Å².